The summed E-state index contributed by atoms with van der Waals surface area (Å²) in [4.78, 5) is 10.7. The lowest BCUT2D eigenvalue weighted by atomic mass is 10.0. The molecule has 0 amide bonds. The highest BCUT2D eigenvalue weighted by Gasteiger charge is 2.35. The minimum absolute atomic E-state index is 0.127. The van der Waals surface area contributed by atoms with Crippen LogP contribution in [-0.2, 0) is 6.18 Å². The van der Waals surface area contributed by atoms with Crippen LogP contribution in [0.4, 0.5) is 13.2 Å². The van der Waals surface area contributed by atoms with E-state index in [4.69, 9.17) is 5.11 Å². The number of nitrogens with one attached hydrogen (secondary N) is 1. The van der Waals surface area contributed by atoms with E-state index in [0.717, 1.165) is 12.1 Å². The molecule has 2 N–H and O–H groups in total. The summed E-state index contributed by atoms with van der Waals surface area (Å²) in [5.74, 6) is 3.51. The van der Waals surface area contributed by atoms with E-state index >= 15 is 0 Å². The number of carboxylic acids is 1. The number of carboxylic acid groups (broad SMARTS) is 1. The van der Waals surface area contributed by atoms with Crippen molar-refractivity contribution in [1.82, 2.24) is 5.32 Å². The molecule has 18 heavy (non-hydrogen) atoms. The molecule has 1 rings (SSSR count). The van der Waals surface area contributed by atoms with Crippen molar-refractivity contribution in [3.8, 4) is 11.8 Å². The molecule has 0 aliphatic heterocycles. The van der Waals surface area contributed by atoms with Crippen LogP contribution >= 0.6 is 0 Å². The second kappa shape index (κ2) is 5.56. The molecule has 1 aromatic carbocycles. The first-order valence-electron chi connectivity index (χ1n) is 4.94. The summed E-state index contributed by atoms with van der Waals surface area (Å²) in [7, 11) is 1.66. The lowest BCUT2D eigenvalue weighted by Gasteiger charge is -2.10. The number of benzene rings is 1. The normalized spacial score (nSPS) is 10.7. The van der Waals surface area contributed by atoms with Crippen LogP contribution in [-0.4, -0.2) is 24.7 Å². The van der Waals surface area contributed by atoms with Gasteiger partial charge >= 0.3 is 12.1 Å². The summed E-state index contributed by atoms with van der Waals surface area (Å²) in [6.45, 7) is 0.335. The molecule has 0 aliphatic carbocycles. The summed E-state index contributed by atoms with van der Waals surface area (Å²) in [5.41, 5.74) is -1.84. The van der Waals surface area contributed by atoms with Crippen molar-refractivity contribution in [2.75, 3.05) is 13.6 Å². The Morgan fingerprint density at radius 2 is 2.11 bits per heavy atom. The molecule has 0 aliphatic rings. The molecule has 1 aromatic rings. The van der Waals surface area contributed by atoms with Gasteiger partial charge in [0.05, 0.1) is 17.7 Å². The van der Waals surface area contributed by atoms with Gasteiger partial charge in [0.1, 0.15) is 0 Å². The summed E-state index contributed by atoms with van der Waals surface area (Å²) >= 11 is 0. The van der Waals surface area contributed by atoms with Gasteiger partial charge in [-0.05, 0) is 25.2 Å². The van der Waals surface area contributed by atoms with Crippen LogP contribution in [0.3, 0.4) is 0 Å². The Kier molecular flexibility index (Phi) is 4.34. The largest absolute Gasteiger partial charge is 0.478 e. The number of halogens is 3. The molecule has 0 radical (unpaired) electrons. The number of hydrogen-bond donors (Lipinski definition) is 2. The van der Waals surface area contributed by atoms with Crippen molar-refractivity contribution < 1.29 is 23.1 Å². The Hall–Kier alpha value is -2.00. The van der Waals surface area contributed by atoms with Gasteiger partial charge in [-0.25, -0.2) is 4.79 Å². The third kappa shape index (κ3) is 3.50. The van der Waals surface area contributed by atoms with Gasteiger partial charge in [-0.15, -0.1) is 0 Å². The number of rotatable bonds is 2. The Bertz CT molecular complexity index is 512. The molecule has 0 fully saturated rings. The molecule has 0 atom stereocenters. The molecular weight excluding hydrogens is 247 g/mol. The third-order valence-corrected chi connectivity index (χ3v) is 2.05. The van der Waals surface area contributed by atoms with Gasteiger partial charge < -0.3 is 10.4 Å². The minimum Gasteiger partial charge on any atom is -0.478 e. The highest BCUT2D eigenvalue weighted by Crippen LogP contribution is 2.32. The van der Waals surface area contributed by atoms with Crippen molar-refractivity contribution in [2.24, 2.45) is 0 Å². The molecule has 0 spiro atoms. The van der Waals surface area contributed by atoms with Gasteiger partial charge in [-0.2, -0.15) is 13.2 Å². The average Bonchev–Trinajstić information content (AvgIpc) is 2.28. The van der Waals surface area contributed by atoms with E-state index in [2.05, 4.69) is 17.2 Å². The molecule has 3 nitrogen and oxygen atoms in total. The maximum atomic E-state index is 12.7. The number of alkyl halides is 3. The summed E-state index contributed by atoms with van der Waals surface area (Å²) < 4.78 is 38.0. The van der Waals surface area contributed by atoms with Crippen molar-refractivity contribution in [1.29, 1.82) is 0 Å². The first-order valence-corrected chi connectivity index (χ1v) is 4.94. The fourth-order valence-corrected chi connectivity index (χ4v) is 1.28. The summed E-state index contributed by atoms with van der Waals surface area (Å²) in [6, 6.07) is 2.90. The topological polar surface area (TPSA) is 49.3 Å². The van der Waals surface area contributed by atoms with Gasteiger partial charge in [0.2, 0.25) is 0 Å². The van der Waals surface area contributed by atoms with E-state index in [1.165, 1.54) is 6.07 Å². The molecule has 0 aromatic heterocycles. The second-order valence-electron chi connectivity index (χ2n) is 3.40. The van der Waals surface area contributed by atoms with E-state index in [9.17, 15) is 18.0 Å². The Morgan fingerprint density at radius 1 is 1.44 bits per heavy atom. The zero-order valence-corrected chi connectivity index (χ0v) is 9.43. The zero-order valence-electron chi connectivity index (χ0n) is 9.43. The lowest BCUT2D eigenvalue weighted by Crippen LogP contribution is -2.13. The monoisotopic (exact) mass is 257 g/mol. The number of aromatic carboxylic acids is 1. The van der Waals surface area contributed by atoms with Crippen molar-refractivity contribution in [2.45, 2.75) is 6.18 Å². The van der Waals surface area contributed by atoms with Crippen LogP contribution in [0.15, 0.2) is 18.2 Å². The van der Waals surface area contributed by atoms with Crippen LogP contribution < -0.4 is 5.32 Å². The Balaban J connectivity index is 3.23. The first kappa shape index (κ1) is 14.1. The molecule has 0 heterocycles. The predicted octanol–water partition coefficient (Wildman–Crippen LogP) is 1.97. The Labute approximate surface area is 102 Å². The molecule has 96 valence electrons. The fraction of sp³-hybridized carbons (Fsp3) is 0.250. The van der Waals surface area contributed by atoms with Crippen molar-refractivity contribution in [3.05, 3.63) is 34.9 Å². The van der Waals surface area contributed by atoms with Crippen molar-refractivity contribution >= 4 is 5.97 Å². The van der Waals surface area contributed by atoms with Gasteiger partial charge in [0.15, 0.2) is 0 Å². The van der Waals surface area contributed by atoms with E-state index < -0.39 is 23.3 Å². The highest BCUT2D eigenvalue weighted by molar-refractivity contribution is 5.89. The van der Waals surface area contributed by atoms with Gasteiger partial charge in [0, 0.05) is 5.56 Å². The maximum absolute atomic E-state index is 12.7. The van der Waals surface area contributed by atoms with Gasteiger partial charge in [0.25, 0.3) is 0 Å². The van der Waals surface area contributed by atoms with Crippen LogP contribution in [0.25, 0.3) is 0 Å². The van der Waals surface area contributed by atoms with Gasteiger partial charge in [-0.3, -0.25) is 0 Å². The lowest BCUT2D eigenvalue weighted by molar-refractivity contribution is -0.138. The van der Waals surface area contributed by atoms with Crippen LogP contribution in [0.5, 0.6) is 0 Å². The van der Waals surface area contributed by atoms with E-state index in [-0.39, 0.29) is 5.56 Å². The van der Waals surface area contributed by atoms with Gasteiger partial charge in [-0.1, -0.05) is 11.8 Å². The van der Waals surface area contributed by atoms with E-state index in [0.29, 0.717) is 6.54 Å². The van der Waals surface area contributed by atoms with Crippen LogP contribution in [0, 0.1) is 11.8 Å². The number of hydrogen-bond acceptors (Lipinski definition) is 2. The molecule has 6 heteroatoms. The first-order chi connectivity index (χ1) is 8.36. The molecule has 0 unspecified atom stereocenters. The minimum atomic E-state index is -4.71. The molecule has 0 bridgehead atoms. The SMILES string of the molecule is CNCC#Cc1ccc(C(=O)O)c(C(F)(F)F)c1. The molecule has 0 saturated heterocycles. The predicted molar refractivity (Wildman–Crippen MR) is 59.2 cm³/mol. The van der Waals surface area contributed by atoms with E-state index in [1.54, 1.807) is 7.05 Å². The van der Waals surface area contributed by atoms with Crippen LogP contribution in [0.1, 0.15) is 21.5 Å². The standard InChI is InChI=1S/C12H10F3NO2/c1-16-6-2-3-8-4-5-9(11(17)18)10(7-8)12(13,14)15/h4-5,7,16H,6H2,1H3,(H,17,18). The van der Waals surface area contributed by atoms with E-state index in [1.807, 2.05) is 0 Å². The zero-order chi connectivity index (χ0) is 13.8. The number of carbonyl (C=O) groups is 1. The molecule has 0 saturated carbocycles. The quantitative estimate of drug-likeness (QED) is 0.796. The highest BCUT2D eigenvalue weighted by atomic mass is 19.4. The summed E-state index contributed by atoms with van der Waals surface area (Å²) in [6.07, 6.45) is -4.71. The smallest absolute Gasteiger partial charge is 0.417 e. The van der Waals surface area contributed by atoms with Crippen LogP contribution in [0.2, 0.25) is 0 Å². The Morgan fingerprint density at radius 3 is 2.61 bits per heavy atom. The third-order valence-electron chi connectivity index (χ3n) is 2.05. The average molecular weight is 257 g/mol. The maximum Gasteiger partial charge on any atom is 0.417 e. The second-order valence-corrected chi connectivity index (χ2v) is 3.40. The molecular formula is C12H10F3NO2. The fourth-order valence-electron chi connectivity index (χ4n) is 1.28. The summed E-state index contributed by atoms with van der Waals surface area (Å²) in [5, 5.41) is 11.4. The van der Waals surface area contributed by atoms with Crippen molar-refractivity contribution in [3.63, 3.8) is 0 Å².